The molecular weight excluding hydrogens is 431 g/mol. The van der Waals surface area contributed by atoms with Gasteiger partial charge in [-0.25, -0.2) is 4.68 Å². The first kappa shape index (κ1) is 22.4. The van der Waals surface area contributed by atoms with E-state index in [1.165, 1.54) is 12.1 Å². The molecule has 1 N–H and O–H groups in total. The van der Waals surface area contributed by atoms with Crippen LogP contribution in [0.4, 0.5) is 18.9 Å². The predicted molar refractivity (Wildman–Crippen MR) is 114 cm³/mol. The molecule has 162 valence electrons. The normalized spacial score (nSPS) is 11.4. The molecule has 0 aliphatic rings. The second-order valence-electron chi connectivity index (χ2n) is 6.56. The second-order valence-corrected chi connectivity index (χ2v) is 7.06. The third-order valence-corrected chi connectivity index (χ3v) is 4.56. The fourth-order valence-electron chi connectivity index (χ4n) is 3.00. The molecule has 0 unspecified atom stereocenters. The van der Waals surface area contributed by atoms with Gasteiger partial charge in [-0.2, -0.15) is 18.3 Å². The average molecular weight is 449 g/mol. The van der Waals surface area contributed by atoms with Gasteiger partial charge in [-0.15, -0.1) is 0 Å². The highest BCUT2D eigenvalue weighted by Gasteiger charge is 2.30. The zero-order valence-corrected chi connectivity index (χ0v) is 17.2. The summed E-state index contributed by atoms with van der Waals surface area (Å²) in [6.45, 7) is 1.72. The van der Waals surface area contributed by atoms with Crippen molar-refractivity contribution in [2.24, 2.45) is 0 Å². The van der Waals surface area contributed by atoms with Crippen LogP contribution in [0.5, 0.6) is 0 Å². The maximum Gasteiger partial charge on any atom is 0.416 e. The molecule has 0 aliphatic carbocycles. The molecule has 0 amide bonds. The molecule has 0 bridgehead atoms. The number of aromatic nitrogens is 2. The van der Waals surface area contributed by atoms with Crippen LogP contribution in [0.25, 0.3) is 10.8 Å². The maximum atomic E-state index is 12.9. The fraction of sp³-hybridized carbons (Fsp3) is 0.238. The molecule has 0 spiro atoms. The number of nitrogens with zero attached hydrogens (tertiary/aromatic N) is 2. The Morgan fingerprint density at radius 2 is 1.87 bits per heavy atom. The standard InChI is InChI=1S/C21H18F3N3O3S/c1-2-30-19(28)11-17-15-8-3-4-9-16(15)20(29)27(26-17)12-18(31)25-14-7-5-6-13(10-14)21(22,23)24/h3-10H,2,11-12H2,1H3,(H,25,31). The van der Waals surface area contributed by atoms with E-state index in [2.05, 4.69) is 10.4 Å². The molecule has 1 heterocycles. The first-order valence-electron chi connectivity index (χ1n) is 9.30. The summed E-state index contributed by atoms with van der Waals surface area (Å²) in [6, 6.07) is 11.3. The first-order chi connectivity index (χ1) is 14.7. The zero-order valence-electron chi connectivity index (χ0n) is 16.4. The minimum Gasteiger partial charge on any atom is -0.466 e. The smallest absolute Gasteiger partial charge is 0.416 e. The molecule has 3 aromatic rings. The Morgan fingerprint density at radius 1 is 1.16 bits per heavy atom. The molecule has 10 heteroatoms. The lowest BCUT2D eigenvalue weighted by Crippen LogP contribution is -2.30. The number of hydrogen-bond donors (Lipinski definition) is 1. The number of carbonyl (C=O) groups is 1. The van der Waals surface area contributed by atoms with Crippen LogP contribution in [-0.2, 0) is 28.7 Å². The summed E-state index contributed by atoms with van der Waals surface area (Å²) in [5.41, 5.74) is -0.773. The lowest BCUT2D eigenvalue weighted by atomic mass is 10.1. The fourth-order valence-corrected chi connectivity index (χ4v) is 3.24. The van der Waals surface area contributed by atoms with Crippen LogP contribution in [0.1, 0.15) is 18.2 Å². The number of halogens is 3. The van der Waals surface area contributed by atoms with Crippen molar-refractivity contribution in [3.63, 3.8) is 0 Å². The third kappa shape index (κ3) is 5.46. The van der Waals surface area contributed by atoms with Crippen LogP contribution in [-0.4, -0.2) is 27.3 Å². The number of thiocarbonyl (C=S) groups is 1. The van der Waals surface area contributed by atoms with E-state index in [0.717, 1.165) is 16.8 Å². The minimum absolute atomic E-state index is 0.0892. The van der Waals surface area contributed by atoms with Gasteiger partial charge in [-0.1, -0.05) is 36.5 Å². The summed E-state index contributed by atoms with van der Waals surface area (Å²) in [5.74, 6) is -0.491. The van der Waals surface area contributed by atoms with Gasteiger partial charge in [0.1, 0.15) is 4.99 Å². The van der Waals surface area contributed by atoms with Crippen molar-refractivity contribution in [3.8, 4) is 0 Å². The van der Waals surface area contributed by atoms with Crippen LogP contribution < -0.4 is 10.9 Å². The predicted octanol–water partition coefficient (Wildman–Crippen LogP) is 3.96. The Labute approximate surface area is 180 Å². The van der Waals surface area contributed by atoms with Crippen molar-refractivity contribution in [1.29, 1.82) is 0 Å². The van der Waals surface area contributed by atoms with Gasteiger partial charge in [-0.05, 0) is 31.2 Å². The van der Waals surface area contributed by atoms with Gasteiger partial charge < -0.3 is 10.1 Å². The second kappa shape index (κ2) is 9.25. The van der Waals surface area contributed by atoms with Crippen LogP contribution in [0, 0.1) is 0 Å². The molecule has 2 aromatic carbocycles. The lowest BCUT2D eigenvalue weighted by Gasteiger charge is -2.14. The van der Waals surface area contributed by atoms with Gasteiger partial charge in [-0.3, -0.25) is 9.59 Å². The van der Waals surface area contributed by atoms with Gasteiger partial charge in [0.05, 0.1) is 36.2 Å². The van der Waals surface area contributed by atoms with E-state index in [1.807, 2.05) is 0 Å². The van der Waals surface area contributed by atoms with Crippen molar-refractivity contribution in [3.05, 3.63) is 70.1 Å². The number of hydrogen-bond acceptors (Lipinski definition) is 5. The van der Waals surface area contributed by atoms with Gasteiger partial charge in [0.25, 0.3) is 5.56 Å². The van der Waals surface area contributed by atoms with Crippen LogP contribution in [0.15, 0.2) is 53.3 Å². The highest BCUT2D eigenvalue weighted by molar-refractivity contribution is 7.80. The number of anilines is 1. The summed E-state index contributed by atoms with van der Waals surface area (Å²) in [7, 11) is 0. The number of benzene rings is 2. The number of rotatable bonds is 6. The molecule has 0 saturated heterocycles. The molecule has 1 aromatic heterocycles. The highest BCUT2D eigenvalue weighted by Crippen LogP contribution is 2.30. The highest BCUT2D eigenvalue weighted by atomic mass is 32.1. The van der Waals surface area contributed by atoms with E-state index in [1.54, 1.807) is 31.2 Å². The van der Waals surface area contributed by atoms with Crippen molar-refractivity contribution >= 4 is 39.6 Å². The quantitative estimate of drug-likeness (QED) is 0.454. The van der Waals surface area contributed by atoms with E-state index < -0.39 is 23.3 Å². The number of carbonyl (C=O) groups excluding carboxylic acids is 1. The number of esters is 1. The summed E-state index contributed by atoms with van der Waals surface area (Å²) in [6.07, 6.45) is -4.62. The SMILES string of the molecule is CCOC(=O)Cc1nn(CC(=S)Nc2cccc(C(F)(F)F)c2)c(=O)c2ccccc12. The Morgan fingerprint density at radius 3 is 2.55 bits per heavy atom. The third-order valence-electron chi connectivity index (χ3n) is 4.33. The monoisotopic (exact) mass is 449 g/mol. The lowest BCUT2D eigenvalue weighted by molar-refractivity contribution is -0.142. The molecule has 0 fully saturated rings. The van der Waals surface area contributed by atoms with Gasteiger partial charge >= 0.3 is 12.1 Å². The molecule has 31 heavy (non-hydrogen) atoms. The van der Waals surface area contributed by atoms with E-state index in [-0.39, 0.29) is 30.2 Å². The summed E-state index contributed by atoms with van der Waals surface area (Å²) in [5, 5.41) is 7.82. The Hall–Kier alpha value is -3.27. The zero-order chi connectivity index (χ0) is 22.6. The van der Waals surface area contributed by atoms with Gasteiger partial charge in [0, 0.05) is 11.1 Å². The number of ether oxygens (including phenoxy) is 1. The van der Waals surface area contributed by atoms with Crippen molar-refractivity contribution in [1.82, 2.24) is 9.78 Å². The van der Waals surface area contributed by atoms with E-state index in [4.69, 9.17) is 17.0 Å². The molecule has 0 radical (unpaired) electrons. The van der Waals surface area contributed by atoms with Gasteiger partial charge in [0.15, 0.2) is 0 Å². The molecule has 3 rings (SSSR count). The van der Waals surface area contributed by atoms with E-state index >= 15 is 0 Å². The Balaban J connectivity index is 1.89. The van der Waals surface area contributed by atoms with Gasteiger partial charge in [0.2, 0.25) is 0 Å². The summed E-state index contributed by atoms with van der Waals surface area (Å²) in [4.78, 5) is 24.9. The number of alkyl halides is 3. The Bertz CT molecular complexity index is 1190. The van der Waals surface area contributed by atoms with Crippen LogP contribution in [0.3, 0.4) is 0 Å². The Kier molecular flexibility index (Phi) is 6.69. The topological polar surface area (TPSA) is 73.2 Å². The number of nitrogens with one attached hydrogen (secondary N) is 1. The molecule has 6 nitrogen and oxygen atoms in total. The van der Waals surface area contributed by atoms with Crippen molar-refractivity contribution in [2.45, 2.75) is 26.1 Å². The summed E-state index contributed by atoms with van der Waals surface area (Å²) >= 11 is 5.23. The van der Waals surface area contributed by atoms with E-state index in [0.29, 0.717) is 16.5 Å². The maximum absolute atomic E-state index is 12.9. The van der Waals surface area contributed by atoms with Crippen molar-refractivity contribution in [2.75, 3.05) is 11.9 Å². The molecule has 0 saturated carbocycles. The van der Waals surface area contributed by atoms with Crippen LogP contribution >= 0.6 is 12.2 Å². The number of fused-ring (bicyclic) bond motifs is 1. The minimum atomic E-state index is -4.49. The largest absolute Gasteiger partial charge is 0.466 e. The molecular formula is C21H18F3N3O3S. The van der Waals surface area contributed by atoms with E-state index in [9.17, 15) is 22.8 Å². The first-order valence-corrected chi connectivity index (χ1v) is 9.71. The molecule has 0 atom stereocenters. The molecule has 0 aliphatic heterocycles. The van der Waals surface area contributed by atoms with Crippen molar-refractivity contribution < 1.29 is 22.7 Å². The average Bonchev–Trinajstić information content (AvgIpc) is 2.71. The summed E-state index contributed by atoms with van der Waals surface area (Å²) < 4.78 is 44.8. The van der Waals surface area contributed by atoms with Crippen LogP contribution in [0.2, 0.25) is 0 Å².